The van der Waals surface area contributed by atoms with Crippen molar-refractivity contribution in [2.45, 2.75) is 57.6 Å². The fourth-order valence-corrected chi connectivity index (χ4v) is 3.25. The Bertz CT molecular complexity index is 490. The van der Waals surface area contributed by atoms with Crippen LogP contribution >= 0.6 is 0 Å². The number of aromatic nitrogens is 2. The van der Waals surface area contributed by atoms with E-state index in [1.54, 1.807) is 0 Å². The summed E-state index contributed by atoms with van der Waals surface area (Å²) >= 11 is 0. The van der Waals surface area contributed by atoms with Crippen LogP contribution < -0.4 is 0 Å². The Labute approximate surface area is 119 Å². The highest BCUT2D eigenvalue weighted by Crippen LogP contribution is 2.26. The number of hydrogen-bond acceptors (Lipinski definition) is 4. The Morgan fingerprint density at radius 1 is 1.40 bits per heavy atom. The second kappa shape index (κ2) is 5.95. The lowest BCUT2D eigenvalue weighted by molar-refractivity contribution is 0.0591. The number of nitrogens with zero attached hydrogens (tertiary/aromatic N) is 2. The molecule has 1 aliphatic heterocycles. The molecule has 110 valence electrons. The van der Waals surface area contributed by atoms with Crippen molar-refractivity contribution in [1.82, 2.24) is 9.78 Å². The van der Waals surface area contributed by atoms with E-state index < -0.39 is 0 Å². The van der Waals surface area contributed by atoms with E-state index in [1.807, 2.05) is 4.68 Å². The zero-order chi connectivity index (χ0) is 13.9. The van der Waals surface area contributed by atoms with Gasteiger partial charge in [0.2, 0.25) is 0 Å². The minimum Gasteiger partial charge on any atom is -0.464 e. The van der Waals surface area contributed by atoms with E-state index in [9.17, 15) is 4.79 Å². The largest absolute Gasteiger partial charge is 0.464 e. The van der Waals surface area contributed by atoms with Gasteiger partial charge in [-0.3, -0.25) is 4.68 Å². The number of fused-ring (bicyclic) bond motifs is 1. The third-order valence-corrected chi connectivity index (χ3v) is 4.32. The molecule has 20 heavy (non-hydrogen) atoms. The summed E-state index contributed by atoms with van der Waals surface area (Å²) in [6.45, 7) is 1.72. The monoisotopic (exact) mass is 278 g/mol. The second-order valence-corrected chi connectivity index (χ2v) is 5.62. The van der Waals surface area contributed by atoms with E-state index in [-0.39, 0.29) is 5.97 Å². The van der Waals surface area contributed by atoms with Gasteiger partial charge >= 0.3 is 5.97 Å². The molecule has 1 aromatic rings. The minimum atomic E-state index is -0.306. The van der Waals surface area contributed by atoms with Crippen LogP contribution in [-0.4, -0.2) is 35.6 Å². The molecule has 0 aromatic carbocycles. The SMILES string of the molecule is COC(=O)c1nn(CC[C@H]2CCCO2)c2c1CCCC2. The Kier molecular flexibility index (Phi) is 4.05. The van der Waals surface area contributed by atoms with Crippen molar-refractivity contribution in [3.63, 3.8) is 0 Å². The van der Waals surface area contributed by atoms with E-state index in [2.05, 4.69) is 5.10 Å². The first-order valence-electron chi connectivity index (χ1n) is 7.58. The Hall–Kier alpha value is -1.36. The van der Waals surface area contributed by atoms with Gasteiger partial charge in [-0.05, 0) is 44.9 Å². The molecule has 1 fully saturated rings. The molecule has 0 amide bonds. The Morgan fingerprint density at radius 3 is 3.00 bits per heavy atom. The Morgan fingerprint density at radius 2 is 2.25 bits per heavy atom. The van der Waals surface area contributed by atoms with Gasteiger partial charge in [-0.25, -0.2) is 4.79 Å². The molecule has 0 unspecified atom stereocenters. The van der Waals surface area contributed by atoms with Crippen LogP contribution in [-0.2, 0) is 28.9 Å². The highest BCUT2D eigenvalue weighted by Gasteiger charge is 2.26. The van der Waals surface area contributed by atoms with Gasteiger partial charge in [-0.1, -0.05) is 0 Å². The quantitative estimate of drug-likeness (QED) is 0.792. The van der Waals surface area contributed by atoms with Crippen molar-refractivity contribution < 1.29 is 14.3 Å². The summed E-state index contributed by atoms with van der Waals surface area (Å²) < 4.78 is 12.5. The molecule has 0 saturated carbocycles. The lowest BCUT2D eigenvalue weighted by Gasteiger charge is -2.15. The topological polar surface area (TPSA) is 53.3 Å². The molecule has 2 aliphatic rings. The number of aryl methyl sites for hydroxylation is 1. The number of carbonyl (C=O) groups is 1. The van der Waals surface area contributed by atoms with Crippen molar-refractivity contribution in [2.24, 2.45) is 0 Å². The van der Waals surface area contributed by atoms with E-state index in [0.29, 0.717) is 11.8 Å². The van der Waals surface area contributed by atoms with Crippen molar-refractivity contribution >= 4 is 5.97 Å². The van der Waals surface area contributed by atoms with Gasteiger partial charge in [0.05, 0.1) is 13.2 Å². The zero-order valence-corrected chi connectivity index (χ0v) is 12.1. The molecule has 0 radical (unpaired) electrons. The Balaban J connectivity index is 1.78. The van der Waals surface area contributed by atoms with Gasteiger partial charge in [0.1, 0.15) is 0 Å². The zero-order valence-electron chi connectivity index (χ0n) is 12.1. The third kappa shape index (κ3) is 2.59. The second-order valence-electron chi connectivity index (χ2n) is 5.62. The number of esters is 1. The van der Waals surface area contributed by atoms with Gasteiger partial charge in [0.15, 0.2) is 5.69 Å². The van der Waals surface area contributed by atoms with Crippen LogP contribution in [0.3, 0.4) is 0 Å². The molecule has 5 heteroatoms. The van der Waals surface area contributed by atoms with Gasteiger partial charge in [0.25, 0.3) is 0 Å². The fourth-order valence-electron chi connectivity index (χ4n) is 3.25. The molecule has 1 atom stereocenters. The molecule has 1 saturated heterocycles. The molecule has 5 nitrogen and oxygen atoms in total. The van der Waals surface area contributed by atoms with Crippen LogP contribution in [0.25, 0.3) is 0 Å². The first-order valence-corrected chi connectivity index (χ1v) is 7.58. The van der Waals surface area contributed by atoms with Crippen molar-refractivity contribution in [3.05, 3.63) is 17.0 Å². The van der Waals surface area contributed by atoms with Crippen LogP contribution in [0.1, 0.15) is 53.8 Å². The normalized spacial score (nSPS) is 21.8. The number of rotatable bonds is 4. The summed E-state index contributed by atoms with van der Waals surface area (Å²) in [6, 6.07) is 0. The summed E-state index contributed by atoms with van der Waals surface area (Å²) in [5.74, 6) is -0.306. The molecule has 1 aromatic heterocycles. The van der Waals surface area contributed by atoms with E-state index in [1.165, 1.54) is 19.2 Å². The summed E-state index contributed by atoms with van der Waals surface area (Å²) in [5, 5.41) is 4.51. The number of methoxy groups -OCH3 is 1. The maximum absolute atomic E-state index is 11.8. The lowest BCUT2D eigenvalue weighted by Crippen LogP contribution is -2.14. The van der Waals surface area contributed by atoms with Crippen LogP contribution in [0, 0.1) is 0 Å². The highest BCUT2D eigenvalue weighted by molar-refractivity contribution is 5.89. The van der Waals surface area contributed by atoms with E-state index in [0.717, 1.165) is 57.2 Å². The first kappa shape index (κ1) is 13.6. The molecular weight excluding hydrogens is 256 g/mol. The molecule has 0 bridgehead atoms. The third-order valence-electron chi connectivity index (χ3n) is 4.32. The minimum absolute atomic E-state index is 0.306. The van der Waals surface area contributed by atoms with Crippen LogP contribution in [0.5, 0.6) is 0 Å². The molecule has 0 spiro atoms. The van der Waals surface area contributed by atoms with Gasteiger partial charge in [0, 0.05) is 24.4 Å². The van der Waals surface area contributed by atoms with Crippen molar-refractivity contribution in [2.75, 3.05) is 13.7 Å². The molecule has 1 aliphatic carbocycles. The maximum Gasteiger partial charge on any atom is 0.358 e. The van der Waals surface area contributed by atoms with Crippen LogP contribution in [0.4, 0.5) is 0 Å². The number of hydrogen-bond donors (Lipinski definition) is 0. The number of carbonyl (C=O) groups excluding carboxylic acids is 1. The van der Waals surface area contributed by atoms with Crippen LogP contribution in [0.15, 0.2) is 0 Å². The van der Waals surface area contributed by atoms with Gasteiger partial charge in [-0.15, -0.1) is 0 Å². The highest BCUT2D eigenvalue weighted by atomic mass is 16.5. The molecule has 2 heterocycles. The van der Waals surface area contributed by atoms with Crippen LogP contribution in [0.2, 0.25) is 0 Å². The average molecular weight is 278 g/mol. The standard InChI is InChI=1S/C15H22N2O3/c1-19-15(18)14-12-6-2-3-7-13(12)17(16-14)9-8-11-5-4-10-20-11/h11H,2-10H2,1H3/t11-/m1/s1. The average Bonchev–Trinajstić information content (AvgIpc) is 3.12. The van der Waals surface area contributed by atoms with Crippen molar-refractivity contribution in [1.29, 1.82) is 0 Å². The first-order chi connectivity index (χ1) is 9.79. The summed E-state index contributed by atoms with van der Waals surface area (Å²) in [4.78, 5) is 11.8. The lowest BCUT2D eigenvalue weighted by atomic mass is 9.95. The number of ether oxygens (including phenoxy) is 2. The predicted molar refractivity (Wildman–Crippen MR) is 73.8 cm³/mol. The van der Waals surface area contributed by atoms with Gasteiger partial charge < -0.3 is 9.47 Å². The summed E-state index contributed by atoms with van der Waals surface area (Å²) in [6.07, 6.45) is 7.93. The van der Waals surface area contributed by atoms with E-state index >= 15 is 0 Å². The predicted octanol–water partition coefficient (Wildman–Crippen LogP) is 2.12. The fraction of sp³-hybridized carbons (Fsp3) is 0.733. The molecular formula is C15H22N2O3. The van der Waals surface area contributed by atoms with Gasteiger partial charge in [-0.2, -0.15) is 5.10 Å². The summed E-state index contributed by atoms with van der Waals surface area (Å²) in [5.41, 5.74) is 2.86. The van der Waals surface area contributed by atoms with E-state index in [4.69, 9.17) is 9.47 Å². The molecule has 0 N–H and O–H groups in total. The summed E-state index contributed by atoms with van der Waals surface area (Å²) in [7, 11) is 1.42. The van der Waals surface area contributed by atoms with Crippen molar-refractivity contribution in [3.8, 4) is 0 Å². The smallest absolute Gasteiger partial charge is 0.358 e. The molecule has 3 rings (SSSR count). The maximum atomic E-state index is 11.8.